The number of aromatic nitrogens is 1. The highest BCUT2D eigenvalue weighted by Crippen LogP contribution is 2.31. The van der Waals surface area contributed by atoms with Crippen LogP contribution in [0.15, 0.2) is 48.7 Å². The highest BCUT2D eigenvalue weighted by Gasteiger charge is 2.20. The van der Waals surface area contributed by atoms with Gasteiger partial charge in [-0.1, -0.05) is 44.2 Å². The fourth-order valence-electron chi connectivity index (χ4n) is 2.22. The van der Waals surface area contributed by atoms with Crippen LogP contribution in [0.1, 0.15) is 42.7 Å². The van der Waals surface area contributed by atoms with Crippen LogP contribution in [0.5, 0.6) is 0 Å². The summed E-state index contributed by atoms with van der Waals surface area (Å²) in [6.07, 6.45) is 2.20. The van der Waals surface area contributed by atoms with Crippen molar-refractivity contribution >= 4 is 0 Å². The zero-order valence-corrected chi connectivity index (χ0v) is 10.9. The van der Waals surface area contributed by atoms with Gasteiger partial charge in [-0.15, -0.1) is 0 Å². The molecule has 0 amide bonds. The summed E-state index contributed by atoms with van der Waals surface area (Å²) in [5.74, 6) is -0.00102. The van der Waals surface area contributed by atoms with Gasteiger partial charge in [-0.3, -0.25) is 4.98 Å². The summed E-state index contributed by atoms with van der Waals surface area (Å²) in [6, 6.07) is 13.9. The van der Waals surface area contributed by atoms with E-state index in [0.29, 0.717) is 0 Å². The second-order valence-corrected chi connectivity index (χ2v) is 4.54. The Hall–Kier alpha value is -1.67. The van der Waals surface area contributed by atoms with Crippen LogP contribution in [0.4, 0.5) is 0 Å². The monoisotopic (exact) mass is 241 g/mol. The van der Waals surface area contributed by atoms with Crippen molar-refractivity contribution in [3.8, 4) is 0 Å². The molecule has 0 spiro atoms. The zero-order chi connectivity index (χ0) is 13.0. The third kappa shape index (κ3) is 2.59. The van der Waals surface area contributed by atoms with Gasteiger partial charge >= 0.3 is 0 Å². The number of benzene rings is 1. The molecule has 2 atom stereocenters. The van der Waals surface area contributed by atoms with Crippen molar-refractivity contribution in [1.82, 2.24) is 4.98 Å². The Balaban J connectivity index is 2.28. The van der Waals surface area contributed by atoms with E-state index < -0.39 is 6.10 Å². The Labute approximate surface area is 108 Å². The molecule has 1 N–H and O–H groups in total. The van der Waals surface area contributed by atoms with Gasteiger partial charge in [-0.2, -0.15) is 0 Å². The first kappa shape index (κ1) is 12.8. The van der Waals surface area contributed by atoms with E-state index >= 15 is 0 Å². The predicted octanol–water partition coefficient (Wildman–Crippen LogP) is 3.48. The van der Waals surface area contributed by atoms with Crippen molar-refractivity contribution in [1.29, 1.82) is 0 Å². The Kier molecular flexibility index (Phi) is 4.11. The number of hydrogen-bond acceptors (Lipinski definition) is 2. The van der Waals surface area contributed by atoms with Gasteiger partial charge in [0.2, 0.25) is 0 Å². The molecule has 2 unspecified atom stereocenters. The molecule has 2 heteroatoms. The fourth-order valence-corrected chi connectivity index (χ4v) is 2.22. The molecular formula is C16H19NO. The minimum Gasteiger partial charge on any atom is -0.388 e. The molecule has 1 aromatic carbocycles. The molecular weight excluding hydrogens is 222 g/mol. The fraction of sp³-hybridized carbons (Fsp3) is 0.312. The van der Waals surface area contributed by atoms with E-state index in [1.807, 2.05) is 43.3 Å². The Morgan fingerprint density at radius 1 is 1.11 bits per heavy atom. The SMILES string of the molecule is CCc1ccccc1C(O)C(C)c1ccccn1. The summed E-state index contributed by atoms with van der Waals surface area (Å²) in [7, 11) is 0. The Bertz CT molecular complexity index is 495. The number of rotatable bonds is 4. The summed E-state index contributed by atoms with van der Waals surface area (Å²) < 4.78 is 0. The third-order valence-corrected chi connectivity index (χ3v) is 3.38. The van der Waals surface area contributed by atoms with Gasteiger partial charge in [0, 0.05) is 17.8 Å². The van der Waals surface area contributed by atoms with Crippen molar-refractivity contribution in [3.63, 3.8) is 0 Å². The van der Waals surface area contributed by atoms with Crippen molar-refractivity contribution < 1.29 is 5.11 Å². The van der Waals surface area contributed by atoms with Crippen molar-refractivity contribution in [2.75, 3.05) is 0 Å². The van der Waals surface area contributed by atoms with E-state index in [9.17, 15) is 5.11 Å². The minimum absolute atomic E-state index is 0.00102. The first-order valence-corrected chi connectivity index (χ1v) is 6.40. The van der Waals surface area contributed by atoms with Crippen LogP contribution in [0.2, 0.25) is 0 Å². The number of hydrogen-bond donors (Lipinski definition) is 1. The van der Waals surface area contributed by atoms with Crippen LogP contribution in [-0.2, 0) is 6.42 Å². The lowest BCUT2D eigenvalue weighted by atomic mass is 9.90. The molecule has 1 heterocycles. The lowest BCUT2D eigenvalue weighted by Crippen LogP contribution is -2.11. The van der Waals surface area contributed by atoms with Crippen molar-refractivity contribution in [2.24, 2.45) is 0 Å². The molecule has 0 aliphatic heterocycles. The molecule has 0 radical (unpaired) electrons. The Morgan fingerprint density at radius 2 is 1.83 bits per heavy atom. The largest absolute Gasteiger partial charge is 0.388 e. The molecule has 0 aliphatic rings. The molecule has 0 fully saturated rings. The Morgan fingerprint density at radius 3 is 2.50 bits per heavy atom. The molecule has 0 saturated heterocycles. The van der Waals surface area contributed by atoms with Gasteiger partial charge in [-0.05, 0) is 29.7 Å². The van der Waals surface area contributed by atoms with Crippen LogP contribution >= 0.6 is 0 Å². The highest BCUT2D eigenvalue weighted by molar-refractivity contribution is 5.31. The van der Waals surface area contributed by atoms with Crippen LogP contribution in [0.3, 0.4) is 0 Å². The van der Waals surface area contributed by atoms with Gasteiger partial charge in [0.15, 0.2) is 0 Å². The predicted molar refractivity (Wildman–Crippen MR) is 73.4 cm³/mol. The molecule has 2 nitrogen and oxygen atoms in total. The second kappa shape index (κ2) is 5.78. The van der Waals surface area contributed by atoms with Gasteiger partial charge in [0.25, 0.3) is 0 Å². The standard InChI is InChI=1S/C16H19NO/c1-3-13-8-4-5-9-14(13)16(18)12(2)15-10-6-7-11-17-15/h4-12,16,18H,3H2,1-2H3. The van der Waals surface area contributed by atoms with Gasteiger partial charge in [0.05, 0.1) is 6.10 Å². The van der Waals surface area contributed by atoms with Gasteiger partial charge in [-0.25, -0.2) is 0 Å². The number of aryl methyl sites for hydroxylation is 1. The summed E-state index contributed by atoms with van der Waals surface area (Å²) in [5, 5.41) is 10.5. The maximum Gasteiger partial charge on any atom is 0.0873 e. The first-order chi connectivity index (χ1) is 8.74. The summed E-state index contributed by atoms with van der Waals surface area (Å²) in [5.41, 5.74) is 3.14. The van der Waals surface area contributed by atoms with E-state index in [2.05, 4.69) is 18.0 Å². The topological polar surface area (TPSA) is 33.1 Å². The normalized spacial score (nSPS) is 14.2. The third-order valence-electron chi connectivity index (χ3n) is 3.38. The number of nitrogens with zero attached hydrogens (tertiary/aromatic N) is 1. The van der Waals surface area contributed by atoms with E-state index in [1.165, 1.54) is 5.56 Å². The molecule has 0 bridgehead atoms. The van der Waals surface area contributed by atoms with Crippen LogP contribution in [0, 0.1) is 0 Å². The van der Waals surface area contributed by atoms with Crippen LogP contribution < -0.4 is 0 Å². The zero-order valence-electron chi connectivity index (χ0n) is 10.9. The maximum atomic E-state index is 10.5. The van der Waals surface area contributed by atoms with Crippen LogP contribution in [-0.4, -0.2) is 10.1 Å². The molecule has 94 valence electrons. The molecule has 18 heavy (non-hydrogen) atoms. The summed E-state index contributed by atoms with van der Waals surface area (Å²) in [4.78, 5) is 4.32. The molecule has 2 rings (SSSR count). The molecule has 2 aromatic rings. The minimum atomic E-state index is -0.504. The summed E-state index contributed by atoms with van der Waals surface area (Å²) >= 11 is 0. The highest BCUT2D eigenvalue weighted by atomic mass is 16.3. The lowest BCUT2D eigenvalue weighted by Gasteiger charge is -2.21. The molecule has 0 aliphatic carbocycles. The quantitative estimate of drug-likeness (QED) is 0.889. The maximum absolute atomic E-state index is 10.5. The molecule has 1 aromatic heterocycles. The van der Waals surface area contributed by atoms with E-state index in [4.69, 9.17) is 0 Å². The second-order valence-electron chi connectivity index (χ2n) is 4.54. The van der Waals surface area contributed by atoms with Crippen molar-refractivity contribution in [2.45, 2.75) is 32.3 Å². The number of aliphatic hydroxyl groups excluding tert-OH is 1. The van der Waals surface area contributed by atoms with Gasteiger partial charge < -0.3 is 5.11 Å². The number of pyridine rings is 1. The van der Waals surface area contributed by atoms with Gasteiger partial charge in [0.1, 0.15) is 0 Å². The smallest absolute Gasteiger partial charge is 0.0873 e. The van der Waals surface area contributed by atoms with E-state index in [-0.39, 0.29) is 5.92 Å². The average Bonchev–Trinajstić information content (AvgIpc) is 2.46. The molecule has 0 saturated carbocycles. The average molecular weight is 241 g/mol. The summed E-state index contributed by atoms with van der Waals surface area (Å²) in [6.45, 7) is 4.12. The van der Waals surface area contributed by atoms with Crippen molar-refractivity contribution in [3.05, 3.63) is 65.5 Å². The van der Waals surface area contributed by atoms with Crippen LogP contribution in [0.25, 0.3) is 0 Å². The van der Waals surface area contributed by atoms with E-state index in [0.717, 1.165) is 17.7 Å². The van der Waals surface area contributed by atoms with E-state index in [1.54, 1.807) is 6.20 Å². The number of aliphatic hydroxyl groups is 1. The lowest BCUT2D eigenvalue weighted by molar-refractivity contribution is 0.149. The first-order valence-electron chi connectivity index (χ1n) is 6.40.